The van der Waals surface area contributed by atoms with Crippen molar-refractivity contribution in [1.29, 1.82) is 0 Å². The summed E-state index contributed by atoms with van der Waals surface area (Å²) in [5.41, 5.74) is 5.51. The highest BCUT2D eigenvalue weighted by molar-refractivity contribution is 5.78. The number of carbonyl (C=O) groups is 1. The number of hydrogen-bond donors (Lipinski definition) is 1. The molecule has 0 spiro atoms. The van der Waals surface area contributed by atoms with Crippen LogP contribution in [0.4, 0.5) is 0 Å². The summed E-state index contributed by atoms with van der Waals surface area (Å²) in [6, 6.07) is 0. The molecule has 12 heavy (non-hydrogen) atoms. The SMILES string of the molecule is CC(C)CN1CC(CN)CC1=O. The molecular weight excluding hydrogens is 152 g/mol. The third-order valence-electron chi connectivity index (χ3n) is 2.21. The Bertz CT molecular complexity index is 168. The Morgan fingerprint density at radius 1 is 1.67 bits per heavy atom. The van der Waals surface area contributed by atoms with Gasteiger partial charge in [0.2, 0.25) is 5.91 Å². The number of nitrogens with two attached hydrogens (primary N) is 1. The third kappa shape index (κ3) is 2.21. The molecule has 1 atom stereocenters. The van der Waals surface area contributed by atoms with Crippen LogP contribution in [0.1, 0.15) is 20.3 Å². The molecule has 0 aromatic rings. The second-order valence-electron chi connectivity index (χ2n) is 4.00. The van der Waals surface area contributed by atoms with E-state index in [1.54, 1.807) is 0 Å². The van der Waals surface area contributed by atoms with Crippen molar-refractivity contribution in [3.05, 3.63) is 0 Å². The van der Waals surface area contributed by atoms with Crippen LogP contribution < -0.4 is 5.73 Å². The van der Waals surface area contributed by atoms with Gasteiger partial charge >= 0.3 is 0 Å². The quantitative estimate of drug-likeness (QED) is 0.668. The van der Waals surface area contributed by atoms with Crippen LogP contribution in [-0.2, 0) is 4.79 Å². The van der Waals surface area contributed by atoms with E-state index in [1.807, 2.05) is 4.90 Å². The van der Waals surface area contributed by atoms with Crippen molar-refractivity contribution in [1.82, 2.24) is 4.90 Å². The molecule has 1 fully saturated rings. The lowest BCUT2D eigenvalue weighted by molar-refractivity contribution is -0.128. The van der Waals surface area contributed by atoms with Gasteiger partial charge in [0.25, 0.3) is 0 Å². The van der Waals surface area contributed by atoms with Crippen LogP contribution in [0.5, 0.6) is 0 Å². The van der Waals surface area contributed by atoms with Gasteiger partial charge in [0.05, 0.1) is 0 Å². The minimum atomic E-state index is 0.277. The molecule has 0 aromatic heterocycles. The van der Waals surface area contributed by atoms with Gasteiger partial charge in [-0.05, 0) is 18.4 Å². The Hall–Kier alpha value is -0.570. The van der Waals surface area contributed by atoms with Gasteiger partial charge in [-0.25, -0.2) is 0 Å². The maximum absolute atomic E-state index is 11.3. The predicted molar refractivity (Wildman–Crippen MR) is 48.6 cm³/mol. The van der Waals surface area contributed by atoms with Gasteiger partial charge in [0.1, 0.15) is 0 Å². The van der Waals surface area contributed by atoms with Gasteiger partial charge in [-0.3, -0.25) is 4.79 Å². The molecule has 1 amide bonds. The fourth-order valence-electron chi connectivity index (χ4n) is 1.63. The van der Waals surface area contributed by atoms with E-state index in [-0.39, 0.29) is 5.91 Å². The van der Waals surface area contributed by atoms with Crippen molar-refractivity contribution in [2.75, 3.05) is 19.6 Å². The first-order valence-electron chi connectivity index (χ1n) is 4.61. The van der Waals surface area contributed by atoms with E-state index in [0.29, 0.717) is 24.8 Å². The number of amides is 1. The van der Waals surface area contributed by atoms with Crippen LogP contribution in [0.3, 0.4) is 0 Å². The molecule has 1 aliphatic heterocycles. The van der Waals surface area contributed by atoms with Crippen molar-refractivity contribution >= 4 is 5.91 Å². The number of likely N-dealkylation sites (tertiary alicyclic amines) is 1. The maximum atomic E-state index is 11.3. The summed E-state index contributed by atoms with van der Waals surface area (Å²) in [5.74, 6) is 1.24. The zero-order valence-electron chi connectivity index (χ0n) is 7.92. The highest BCUT2D eigenvalue weighted by Gasteiger charge is 2.28. The summed E-state index contributed by atoms with van der Waals surface area (Å²) in [6.07, 6.45) is 0.656. The Kier molecular flexibility index (Phi) is 3.09. The normalized spacial score (nSPS) is 24.2. The van der Waals surface area contributed by atoms with E-state index in [4.69, 9.17) is 5.73 Å². The molecule has 1 rings (SSSR count). The molecule has 70 valence electrons. The fourth-order valence-corrected chi connectivity index (χ4v) is 1.63. The lowest BCUT2D eigenvalue weighted by atomic mass is 10.1. The first-order valence-corrected chi connectivity index (χ1v) is 4.61. The topological polar surface area (TPSA) is 46.3 Å². The maximum Gasteiger partial charge on any atom is 0.222 e. The Balaban J connectivity index is 2.41. The summed E-state index contributed by atoms with van der Waals surface area (Å²) >= 11 is 0. The number of rotatable bonds is 3. The van der Waals surface area contributed by atoms with Crippen LogP contribution in [0.2, 0.25) is 0 Å². The van der Waals surface area contributed by atoms with Gasteiger partial charge in [0, 0.05) is 19.5 Å². The lowest BCUT2D eigenvalue weighted by Crippen LogP contribution is -2.29. The second kappa shape index (κ2) is 3.90. The molecule has 1 saturated heterocycles. The minimum Gasteiger partial charge on any atom is -0.342 e. The molecule has 0 saturated carbocycles. The van der Waals surface area contributed by atoms with Gasteiger partial charge in [-0.1, -0.05) is 13.8 Å². The molecule has 0 aliphatic carbocycles. The standard InChI is InChI=1S/C9H18N2O/c1-7(2)5-11-6-8(4-10)3-9(11)12/h7-8H,3-6,10H2,1-2H3. The average molecular weight is 170 g/mol. The zero-order chi connectivity index (χ0) is 9.14. The molecule has 1 unspecified atom stereocenters. The van der Waals surface area contributed by atoms with Crippen molar-refractivity contribution in [3.8, 4) is 0 Å². The third-order valence-corrected chi connectivity index (χ3v) is 2.21. The zero-order valence-corrected chi connectivity index (χ0v) is 7.92. The lowest BCUT2D eigenvalue weighted by Gasteiger charge is -2.18. The molecule has 0 radical (unpaired) electrons. The second-order valence-corrected chi connectivity index (χ2v) is 4.00. The van der Waals surface area contributed by atoms with Crippen molar-refractivity contribution < 1.29 is 4.79 Å². The summed E-state index contributed by atoms with van der Waals surface area (Å²) in [7, 11) is 0. The molecular formula is C9H18N2O. The van der Waals surface area contributed by atoms with E-state index in [9.17, 15) is 4.79 Å². The molecule has 0 aromatic carbocycles. The molecule has 3 heteroatoms. The van der Waals surface area contributed by atoms with Crippen LogP contribution in [0, 0.1) is 11.8 Å². The summed E-state index contributed by atoms with van der Waals surface area (Å²) in [6.45, 7) is 6.65. The van der Waals surface area contributed by atoms with Crippen molar-refractivity contribution in [2.45, 2.75) is 20.3 Å². The number of carbonyl (C=O) groups excluding carboxylic acids is 1. The van der Waals surface area contributed by atoms with Gasteiger partial charge < -0.3 is 10.6 Å². The minimum absolute atomic E-state index is 0.277. The van der Waals surface area contributed by atoms with Crippen molar-refractivity contribution in [2.24, 2.45) is 17.6 Å². The van der Waals surface area contributed by atoms with Crippen molar-refractivity contribution in [3.63, 3.8) is 0 Å². The number of nitrogens with zero attached hydrogens (tertiary/aromatic N) is 1. The molecule has 3 nitrogen and oxygen atoms in total. The van der Waals surface area contributed by atoms with E-state index in [1.165, 1.54) is 0 Å². The van der Waals surface area contributed by atoms with Crippen LogP contribution in [-0.4, -0.2) is 30.4 Å². The summed E-state index contributed by atoms with van der Waals surface area (Å²) < 4.78 is 0. The fraction of sp³-hybridized carbons (Fsp3) is 0.889. The van der Waals surface area contributed by atoms with Crippen LogP contribution >= 0.6 is 0 Å². The van der Waals surface area contributed by atoms with Gasteiger partial charge in [0.15, 0.2) is 0 Å². The summed E-state index contributed by atoms with van der Waals surface area (Å²) in [5, 5.41) is 0. The van der Waals surface area contributed by atoms with E-state index in [2.05, 4.69) is 13.8 Å². The van der Waals surface area contributed by atoms with Crippen LogP contribution in [0.15, 0.2) is 0 Å². The molecule has 1 aliphatic rings. The highest BCUT2D eigenvalue weighted by atomic mass is 16.2. The Labute approximate surface area is 73.9 Å². The molecule has 2 N–H and O–H groups in total. The largest absolute Gasteiger partial charge is 0.342 e. The van der Waals surface area contributed by atoms with Gasteiger partial charge in [-0.2, -0.15) is 0 Å². The van der Waals surface area contributed by atoms with Crippen LogP contribution in [0.25, 0.3) is 0 Å². The smallest absolute Gasteiger partial charge is 0.222 e. The Morgan fingerprint density at radius 3 is 2.75 bits per heavy atom. The average Bonchev–Trinajstić information content (AvgIpc) is 2.31. The first-order chi connectivity index (χ1) is 5.63. The Morgan fingerprint density at radius 2 is 2.33 bits per heavy atom. The first kappa shape index (κ1) is 9.52. The van der Waals surface area contributed by atoms with E-state index < -0.39 is 0 Å². The molecule has 1 heterocycles. The van der Waals surface area contributed by atoms with E-state index >= 15 is 0 Å². The molecule has 0 bridgehead atoms. The van der Waals surface area contributed by atoms with E-state index in [0.717, 1.165) is 13.1 Å². The number of hydrogen-bond acceptors (Lipinski definition) is 2. The predicted octanol–water partition coefficient (Wildman–Crippen LogP) is 0.450. The van der Waals surface area contributed by atoms with Gasteiger partial charge in [-0.15, -0.1) is 0 Å². The monoisotopic (exact) mass is 170 g/mol. The highest BCUT2D eigenvalue weighted by Crippen LogP contribution is 2.17. The summed E-state index contributed by atoms with van der Waals surface area (Å²) in [4.78, 5) is 13.3.